The summed E-state index contributed by atoms with van der Waals surface area (Å²) >= 11 is 0. The number of ether oxygens (including phenoxy) is 3. The fourth-order valence-electron chi connectivity index (χ4n) is 7.50. The third-order valence-corrected chi connectivity index (χ3v) is 9.29. The zero-order valence-corrected chi connectivity index (χ0v) is 20.8. The van der Waals surface area contributed by atoms with Crippen LogP contribution in [0.5, 0.6) is 5.75 Å². The largest absolute Gasteiger partial charge is 0.490 e. The predicted octanol–water partition coefficient (Wildman–Crippen LogP) is 4.04. The average molecular weight is 480 g/mol. The van der Waals surface area contributed by atoms with E-state index in [4.69, 9.17) is 14.2 Å². The van der Waals surface area contributed by atoms with Gasteiger partial charge >= 0.3 is 5.97 Å². The van der Waals surface area contributed by atoms with Gasteiger partial charge in [0.1, 0.15) is 24.6 Å². The van der Waals surface area contributed by atoms with E-state index in [9.17, 15) is 9.90 Å². The maximum Gasteiger partial charge on any atom is 0.310 e. The Morgan fingerprint density at radius 1 is 1.20 bits per heavy atom. The van der Waals surface area contributed by atoms with Crippen LogP contribution in [-0.4, -0.2) is 67.1 Å². The highest BCUT2D eigenvalue weighted by atomic mass is 16.6. The third-order valence-electron chi connectivity index (χ3n) is 9.29. The van der Waals surface area contributed by atoms with Crippen molar-refractivity contribution in [2.45, 2.75) is 56.8 Å². The Balaban J connectivity index is 1.06. The summed E-state index contributed by atoms with van der Waals surface area (Å²) in [7, 11) is 1.97. The first-order valence-corrected chi connectivity index (χ1v) is 13.2. The standard InChI is InChI=1S/C29H37NO5/c1-28-11-6-12-29(18-34-29)26(28)13-22-23(27(32)35-25(22)14-28)16-30(2)15-20(31)17-33-24-10-5-8-19-7-3-4-9-21(19)24/h3-5,7-10,20,22-23,25-26,31H,6,11-18H2,1-2H3/t20-,22-,23+,25+,26+,28+,29-/m0/s1. The molecule has 2 aromatic rings. The van der Waals surface area contributed by atoms with Gasteiger partial charge in [0.25, 0.3) is 0 Å². The number of fused-ring (bicyclic) bond motifs is 4. The van der Waals surface area contributed by atoms with Crippen LogP contribution in [0.4, 0.5) is 0 Å². The van der Waals surface area contributed by atoms with E-state index in [2.05, 4.69) is 24.0 Å². The molecule has 35 heavy (non-hydrogen) atoms. The van der Waals surface area contributed by atoms with Crippen molar-refractivity contribution in [2.75, 3.05) is 33.4 Å². The highest BCUT2D eigenvalue weighted by Crippen LogP contribution is 2.62. The van der Waals surface area contributed by atoms with Crippen molar-refractivity contribution in [3.05, 3.63) is 42.5 Å². The molecule has 2 aliphatic heterocycles. The molecular formula is C29H37NO5. The summed E-state index contributed by atoms with van der Waals surface area (Å²) in [5, 5.41) is 12.8. The van der Waals surface area contributed by atoms with Crippen LogP contribution in [0.3, 0.4) is 0 Å². The molecular weight excluding hydrogens is 442 g/mol. The fourth-order valence-corrected chi connectivity index (χ4v) is 7.50. The number of rotatable bonds is 7. The van der Waals surface area contributed by atoms with Crippen LogP contribution >= 0.6 is 0 Å². The van der Waals surface area contributed by atoms with Crippen molar-refractivity contribution in [3.63, 3.8) is 0 Å². The first-order valence-electron chi connectivity index (χ1n) is 13.2. The van der Waals surface area contributed by atoms with Gasteiger partial charge in [0.15, 0.2) is 0 Å². The van der Waals surface area contributed by atoms with Gasteiger partial charge in [-0.2, -0.15) is 0 Å². The molecule has 2 saturated heterocycles. The number of nitrogens with zero attached hydrogens (tertiary/aromatic N) is 1. The number of hydrogen-bond donors (Lipinski definition) is 1. The highest BCUT2D eigenvalue weighted by molar-refractivity contribution is 5.88. The molecule has 6 rings (SSSR count). The summed E-state index contributed by atoms with van der Waals surface area (Å²) in [4.78, 5) is 15.0. The topological polar surface area (TPSA) is 71.5 Å². The van der Waals surface area contributed by atoms with Gasteiger partial charge in [-0.05, 0) is 61.9 Å². The van der Waals surface area contributed by atoms with Crippen molar-refractivity contribution in [2.24, 2.45) is 23.2 Å². The maximum absolute atomic E-state index is 12.9. The van der Waals surface area contributed by atoms with Gasteiger partial charge < -0.3 is 24.2 Å². The average Bonchev–Trinajstić information content (AvgIpc) is 3.54. The lowest BCUT2D eigenvalue weighted by molar-refractivity contribution is -0.147. The summed E-state index contributed by atoms with van der Waals surface area (Å²) in [6, 6.07) is 14.0. The molecule has 7 atom stereocenters. The molecule has 4 aliphatic rings. The third kappa shape index (κ3) is 4.24. The van der Waals surface area contributed by atoms with Crippen molar-refractivity contribution >= 4 is 16.7 Å². The molecule has 6 heteroatoms. The Kier molecular flexibility index (Phi) is 5.82. The Hall–Kier alpha value is -2.15. The number of aliphatic hydroxyl groups is 1. The quantitative estimate of drug-likeness (QED) is 0.477. The number of aliphatic hydroxyl groups excluding tert-OH is 1. The van der Waals surface area contributed by atoms with Gasteiger partial charge in [-0.3, -0.25) is 4.79 Å². The Morgan fingerprint density at radius 2 is 2.00 bits per heavy atom. The Bertz CT molecular complexity index is 1090. The molecule has 2 aromatic carbocycles. The number of epoxide rings is 1. The number of likely N-dealkylation sites (N-methyl/N-ethyl adjacent to an activating group) is 1. The summed E-state index contributed by atoms with van der Waals surface area (Å²) in [6.45, 7) is 4.52. The van der Waals surface area contributed by atoms with E-state index < -0.39 is 6.10 Å². The molecule has 2 saturated carbocycles. The zero-order chi connectivity index (χ0) is 24.2. The first kappa shape index (κ1) is 23.3. The van der Waals surface area contributed by atoms with Crippen LogP contribution in [0.2, 0.25) is 0 Å². The van der Waals surface area contributed by atoms with Crippen molar-refractivity contribution in [1.29, 1.82) is 0 Å². The van der Waals surface area contributed by atoms with Crippen molar-refractivity contribution in [3.8, 4) is 5.75 Å². The lowest BCUT2D eigenvalue weighted by atomic mass is 9.53. The minimum absolute atomic E-state index is 0.0238. The molecule has 2 aliphatic carbocycles. The van der Waals surface area contributed by atoms with Crippen LogP contribution in [-0.2, 0) is 14.3 Å². The number of esters is 1. The van der Waals surface area contributed by atoms with Crippen molar-refractivity contribution < 1.29 is 24.1 Å². The van der Waals surface area contributed by atoms with E-state index in [-0.39, 0.29) is 41.5 Å². The zero-order valence-electron chi connectivity index (χ0n) is 20.8. The monoisotopic (exact) mass is 479 g/mol. The second-order valence-corrected chi connectivity index (χ2v) is 11.8. The van der Waals surface area contributed by atoms with E-state index in [1.807, 2.05) is 37.4 Å². The molecule has 1 N–H and O–H groups in total. The second kappa shape index (κ2) is 8.75. The van der Waals surface area contributed by atoms with Crippen LogP contribution < -0.4 is 4.74 Å². The number of hydrogen-bond acceptors (Lipinski definition) is 6. The molecule has 0 radical (unpaired) electrons. The molecule has 0 aromatic heterocycles. The number of carbonyl (C=O) groups excluding carboxylic acids is 1. The van der Waals surface area contributed by atoms with Crippen LogP contribution in [0.1, 0.15) is 39.0 Å². The van der Waals surface area contributed by atoms with E-state index in [0.717, 1.165) is 42.4 Å². The van der Waals surface area contributed by atoms with E-state index >= 15 is 0 Å². The molecule has 4 fully saturated rings. The smallest absolute Gasteiger partial charge is 0.310 e. The van der Waals surface area contributed by atoms with Crippen LogP contribution in [0.25, 0.3) is 10.8 Å². The molecule has 0 bridgehead atoms. The molecule has 2 heterocycles. The Labute approximate surface area is 207 Å². The molecule has 188 valence electrons. The Morgan fingerprint density at radius 3 is 2.83 bits per heavy atom. The molecule has 0 amide bonds. The lowest BCUT2D eigenvalue weighted by Gasteiger charge is -2.51. The number of carbonyl (C=O) groups is 1. The summed E-state index contributed by atoms with van der Waals surface area (Å²) in [5.41, 5.74) is 0.279. The molecule has 1 spiro atoms. The van der Waals surface area contributed by atoms with Gasteiger partial charge in [-0.15, -0.1) is 0 Å². The molecule has 6 nitrogen and oxygen atoms in total. The first-order chi connectivity index (χ1) is 16.9. The van der Waals surface area contributed by atoms with Crippen LogP contribution in [0, 0.1) is 23.2 Å². The normalized spacial score (nSPS) is 36.6. The van der Waals surface area contributed by atoms with Crippen LogP contribution in [0.15, 0.2) is 42.5 Å². The second-order valence-electron chi connectivity index (χ2n) is 11.8. The van der Waals surface area contributed by atoms with E-state index in [1.54, 1.807) is 0 Å². The maximum atomic E-state index is 12.9. The fraction of sp³-hybridized carbons (Fsp3) is 0.621. The van der Waals surface area contributed by atoms with Gasteiger partial charge in [0.05, 0.1) is 18.1 Å². The SMILES string of the molecule is CN(C[C@H](O)COc1cccc2ccccc12)C[C@H]1C(=O)O[C@@H]2C[C@@]3(C)CCC[C@]4(CO4)[C@@H]3C[C@H]21. The summed E-state index contributed by atoms with van der Waals surface area (Å²) in [6.07, 6.45) is 4.92. The van der Waals surface area contributed by atoms with Crippen molar-refractivity contribution in [1.82, 2.24) is 4.90 Å². The number of benzene rings is 2. The van der Waals surface area contributed by atoms with Gasteiger partial charge in [0.2, 0.25) is 0 Å². The summed E-state index contributed by atoms with van der Waals surface area (Å²) in [5.74, 6) is 1.33. The van der Waals surface area contributed by atoms with Gasteiger partial charge in [-0.25, -0.2) is 0 Å². The van der Waals surface area contributed by atoms with E-state index in [1.165, 1.54) is 12.8 Å². The predicted molar refractivity (Wildman–Crippen MR) is 133 cm³/mol. The highest BCUT2D eigenvalue weighted by Gasteiger charge is 2.65. The minimum atomic E-state index is -0.650. The minimum Gasteiger partial charge on any atom is -0.490 e. The van der Waals surface area contributed by atoms with E-state index in [0.29, 0.717) is 19.0 Å². The van der Waals surface area contributed by atoms with Gasteiger partial charge in [-0.1, -0.05) is 43.3 Å². The molecule has 0 unspecified atom stereocenters. The summed E-state index contributed by atoms with van der Waals surface area (Å²) < 4.78 is 17.9. The lowest BCUT2D eigenvalue weighted by Crippen LogP contribution is -2.51. The van der Waals surface area contributed by atoms with Gasteiger partial charge in [0, 0.05) is 24.4 Å².